The van der Waals surface area contributed by atoms with Crippen molar-refractivity contribution in [3.63, 3.8) is 0 Å². The summed E-state index contributed by atoms with van der Waals surface area (Å²) in [6, 6.07) is 8.46. The molecule has 2 rings (SSSR count). The Bertz CT molecular complexity index is 350. The third kappa shape index (κ3) is 2.28. The molecule has 0 saturated heterocycles. The van der Waals surface area contributed by atoms with Crippen molar-refractivity contribution in [1.82, 2.24) is 5.32 Å². The molecule has 2 heteroatoms. The molecule has 1 unspecified atom stereocenters. The lowest BCUT2D eigenvalue weighted by Gasteiger charge is -2.20. The Morgan fingerprint density at radius 2 is 2.19 bits per heavy atom. The van der Waals surface area contributed by atoms with Crippen molar-refractivity contribution in [1.29, 1.82) is 0 Å². The first kappa shape index (κ1) is 11.6. The van der Waals surface area contributed by atoms with Crippen LogP contribution >= 0.6 is 0 Å². The quantitative estimate of drug-likeness (QED) is 0.814. The van der Waals surface area contributed by atoms with E-state index < -0.39 is 0 Å². The number of hydrogen-bond acceptors (Lipinski definition) is 2. The summed E-state index contributed by atoms with van der Waals surface area (Å²) in [7, 11) is 0. The Labute approximate surface area is 97.7 Å². The second-order valence-electron chi connectivity index (χ2n) is 4.87. The zero-order valence-electron chi connectivity index (χ0n) is 10.1. The van der Waals surface area contributed by atoms with Crippen LogP contribution in [0.5, 0.6) is 0 Å². The highest BCUT2D eigenvalue weighted by Gasteiger charge is 2.30. The second kappa shape index (κ2) is 4.98. The fourth-order valence-electron chi connectivity index (χ4n) is 2.29. The summed E-state index contributed by atoms with van der Waals surface area (Å²) in [4.78, 5) is 0. The summed E-state index contributed by atoms with van der Waals surface area (Å²) in [5, 5.41) is 13.5. The van der Waals surface area contributed by atoms with Gasteiger partial charge in [-0.05, 0) is 23.6 Å². The first-order valence-electron chi connectivity index (χ1n) is 6.21. The fraction of sp³-hybridized carbons (Fsp3) is 0.571. The number of nitrogens with one attached hydrogen (secondary N) is 1. The van der Waals surface area contributed by atoms with E-state index >= 15 is 0 Å². The molecule has 1 aliphatic rings. The van der Waals surface area contributed by atoms with Gasteiger partial charge in [0.1, 0.15) is 0 Å². The number of benzene rings is 1. The Hall–Kier alpha value is -0.860. The van der Waals surface area contributed by atoms with Crippen molar-refractivity contribution in [3.8, 4) is 0 Å². The smallest absolute Gasteiger partial charge is 0.0775 e. The van der Waals surface area contributed by atoms with Gasteiger partial charge in [0.05, 0.1) is 12.1 Å². The summed E-state index contributed by atoms with van der Waals surface area (Å²) in [6.07, 6.45) is 1.70. The first-order valence-corrected chi connectivity index (χ1v) is 6.21. The monoisotopic (exact) mass is 219 g/mol. The number of aliphatic hydroxyl groups excluding tert-OH is 1. The normalized spacial score (nSPS) is 25.4. The molecule has 1 aromatic carbocycles. The summed E-state index contributed by atoms with van der Waals surface area (Å²) < 4.78 is 0. The number of rotatable bonds is 4. The van der Waals surface area contributed by atoms with Crippen LogP contribution in [-0.2, 0) is 6.42 Å². The fourth-order valence-corrected chi connectivity index (χ4v) is 2.29. The highest BCUT2D eigenvalue weighted by molar-refractivity contribution is 5.36. The van der Waals surface area contributed by atoms with Gasteiger partial charge in [-0.2, -0.15) is 0 Å². The van der Waals surface area contributed by atoms with E-state index in [0.29, 0.717) is 5.92 Å². The number of fused-ring (bicyclic) bond motifs is 1. The molecule has 0 radical (unpaired) electrons. The van der Waals surface area contributed by atoms with E-state index in [9.17, 15) is 5.11 Å². The molecular weight excluding hydrogens is 198 g/mol. The van der Waals surface area contributed by atoms with Gasteiger partial charge in [-0.1, -0.05) is 44.5 Å². The predicted octanol–water partition coefficient (Wildman–Crippen LogP) is 2.28. The third-order valence-corrected chi connectivity index (χ3v) is 3.59. The maximum atomic E-state index is 10.0. The molecule has 0 amide bonds. The minimum atomic E-state index is -0.263. The highest BCUT2D eigenvalue weighted by Crippen LogP contribution is 2.31. The van der Waals surface area contributed by atoms with Crippen LogP contribution in [0.4, 0.5) is 0 Å². The van der Waals surface area contributed by atoms with Crippen LogP contribution in [-0.4, -0.2) is 17.8 Å². The van der Waals surface area contributed by atoms with Crippen LogP contribution in [0.1, 0.15) is 37.4 Å². The molecule has 0 bridgehead atoms. The number of hydrogen-bond donors (Lipinski definition) is 2. The largest absolute Gasteiger partial charge is 0.391 e. The SMILES string of the molecule is CCC(C)CN[C@@H]1c2ccccc2C[C@@H]1O. The van der Waals surface area contributed by atoms with Crippen LogP contribution in [0.15, 0.2) is 24.3 Å². The van der Waals surface area contributed by atoms with Crippen LogP contribution in [0, 0.1) is 5.92 Å². The van der Waals surface area contributed by atoms with Gasteiger partial charge in [-0.25, -0.2) is 0 Å². The molecule has 0 aliphatic heterocycles. The Kier molecular flexibility index (Phi) is 3.62. The molecule has 0 saturated carbocycles. The predicted molar refractivity (Wildman–Crippen MR) is 66.4 cm³/mol. The third-order valence-electron chi connectivity index (χ3n) is 3.59. The molecule has 0 aromatic heterocycles. The zero-order valence-corrected chi connectivity index (χ0v) is 10.1. The lowest BCUT2D eigenvalue weighted by molar-refractivity contribution is 0.139. The molecule has 0 fully saturated rings. The van der Waals surface area contributed by atoms with E-state index in [4.69, 9.17) is 0 Å². The van der Waals surface area contributed by atoms with Gasteiger partial charge >= 0.3 is 0 Å². The molecular formula is C14H21NO. The second-order valence-corrected chi connectivity index (χ2v) is 4.87. The van der Waals surface area contributed by atoms with E-state index in [1.165, 1.54) is 17.5 Å². The van der Waals surface area contributed by atoms with E-state index in [2.05, 4.69) is 37.4 Å². The van der Waals surface area contributed by atoms with Crippen LogP contribution in [0.25, 0.3) is 0 Å². The maximum absolute atomic E-state index is 10.0. The van der Waals surface area contributed by atoms with Gasteiger partial charge in [-0.3, -0.25) is 0 Å². The first-order chi connectivity index (χ1) is 7.72. The van der Waals surface area contributed by atoms with E-state index in [-0.39, 0.29) is 12.1 Å². The van der Waals surface area contributed by atoms with Crippen molar-refractivity contribution in [2.45, 2.75) is 38.8 Å². The molecule has 1 aliphatic carbocycles. The lowest BCUT2D eigenvalue weighted by atomic mass is 10.1. The van der Waals surface area contributed by atoms with Gasteiger partial charge in [0, 0.05) is 6.42 Å². The van der Waals surface area contributed by atoms with Crippen LogP contribution in [0.2, 0.25) is 0 Å². The molecule has 0 heterocycles. The molecule has 3 atom stereocenters. The Morgan fingerprint density at radius 3 is 2.94 bits per heavy atom. The maximum Gasteiger partial charge on any atom is 0.0775 e. The van der Waals surface area contributed by atoms with Crippen LogP contribution < -0.4 is 5.32 Å². The van der Waals surface area contributed by atoms with Gasteiger partial charge in [-0.15, -0.1) is 0 Å². The van der Waals surface area contributed by atoms with Crippen LogP contribution in [0.3, 0.4) is 0 Å². The van der Waals surface area contributed by atoms with Crippen molar-refractivity contribution in [3.05, 3.63) is 35.4 Å². The van der Waals surface area contributed by atoms with E-state index in [0.717, 1.165) is 13.0 Å². The Balaban J connectivity index is 2.04. The number of aliphatic hydroxyl groups is 1. The van der Waals surface area contributed by atoms with E-state index in [1.54, 1.807) is 0 Å². The van der Waals surface area contributed by atoms with E-state index in [1.807, 2.05) is 6.07 Å². The summed E-state index contributed by atoms with van der Waals surface area (Å²) in [5.41, 5.74) is 2.56. The van der Waals surface area contributed by atoms with Crippen molar-refractivity contribution < 1.29 is 5.11 Å². The Morgan fingerprint density at radius 1 is 1.44 bits per heavy atom. The van der Waals surface area contributed by atoms with Gasteiger partial charge in [0.2, 0.25) is 0 Å². The summed E-state index contributed by atoms with van der Waals surface area (Å²) >= 11 is 0. The van der Waals surface area contributed by atoms with Gasteiger partial charge in [0.25, 0.3) is 0 Å². The highest BCUT2D eigenvalue weighted by atomic mass is 16.3. The van der Waals surface area contributed by atoms with Crippen molar-refractivity contribution in [2.75, 3.05) is 6.54 Å². The zero-order chi connectivity index (χ0) is 11.5. The average molecular weight is 219 g/mol. The lowest BCUT2D eigenvalue weighted by Crippen LogP contribution is -2.31. The molecule has 16 heavy (non-hydrogen) atoms. The molecule has 1 aromatic rings. The average Bonchev–Trinajstić information content (AvgIpc) is 2.62. The van der Waals surface area contributed by atoms with Gasteiger partial charge < -0.3 is 10.4 Å². The minimum absolute atomic E-state index is 0.130. The van der Waals surface area contributed by atoms with Crippen molar-refractivity contribution in [2.24, 2.45) is 5.92 Å². The topological polar surface area (TPSA) is 32.3 Å². The molecule has 0 spiro atoms. The minimum Gasteiger partial charge on any atom is -0.391 e. The van der Waals surface area contributed by atoms with Crippen molar-refractivity contribution >= 4 is 0 Å². The summed E-state index contributed by atoms with van der Waals surface area (Å²) in [5.74, 6) is 0.667. The molecule has 88 valence electrons. The van der Waals surface area contributed by atoms with Gasteiger partial charge in [0.15, 0.2) is 0 Å². The summed E-state index contributed by atoms with van der Waals surface area (Å²) in [6.45, 7) is 5.41. The molecule has 2 N–H and O–H groups in total. The molecule has 2 nitrogen and oxygen atoms in total. The standard InChI is InChI=1S/C14H21NO/c1-3-10(2)9-15-14-12-7-5-4-6-11(12)8-13(14)16/h4-7,10,13-16H,3,8-9H2,1-2H3/t10?,13-,14+/m0/s1.